The highest BCUT2D eigenvalue weighted by molar-refractivity contribution is 6.56. The topological polar surface area (TPSA) is 43.3 Å². The maximum Gasteiger partial charge on any atom is 0.144 e. The van der Waals surface area contributed by atoms with Crippen molar-refractivity contribution in [1.29, 1.82) is 0 Å². The van der Waals surface area contributed by atoms with E-state index in [1.807, 2.05) is 55.5 Å². The highest BCUT2D eigenvalue weighted by Crippen LogP contribution is 2.27. The second kappa shape index (κ2) is 11.6. The summed E-state index contributed by atoms with van der Waals surface area (Å²) in [5, 5.41) is 6.26. The molecule has 0 aliphatic carbocycles. The summed E-state index contributed by atoms with van der Waals surface area (Å²) in [6.07, 6.45) is 1.71. The van der Waals surface area contributed by atoms with Crippen LogP contribution in [0.4, 0.5) is 0 Å². The third-order valence-electron chi connectivity index (χ3n) is 3.83. The van der Waals surface area contributed by atoms with E-state index in [0.29, 0.717) is 29.6 Å². The van der Waals surface area contributed by atoms with E-state index in [0.717, 1.165) is 24.3 Å². The molecule has 0 spiro atoms. The smallest absolute Gasteiger partial charge is 0.144 e. The van der Waals surface area contributed by atoms with Crippen LogP contribution in [0, 0.1) is 0 Å². The van der Waals surface area contributed by atoms with Crippen molar-refractivity contribution in [3.05, 3.63) is 58.8 Å². The number of allylic oxidation sites excluding steroid dienone is 1. The van der Waals surface area contributed by atoms with E-state index in [-0.39, 0.29) is 4.49 Å². The molecule has 156 valence electrons. The fourth-order valence-corrected chi connectivity index (χ4v) is 2.48. The summed E-state index contributed by atoms with van der Waals surface area (Å²) in [6, 6.07) is 14.7. The van der Waals surface area contributed by atoms with Gasteiger partial charge in [-0.2, -0.15) is 5.10 Å². The Bertz CT molecular complexity index is 828. The molecule has 2 rings (SSSR count). The number of rotatable bonds is 10. The molecule has 0 unspecified atom stereocenters. The first-order valence-electron chi connectivity index (χ1n) is 9.31. The summed E-state index contributed by atoms with van der Waals surface area (Å²) >= 11 is 11.4. The third kappa shape index (κ3) is 8.26. The van der Waals surface area contributed by atoms with Crippen LogP contribution < -0.4 is 14.2 Å². The van der Waals surface area contributed by atoms with Crippen molar-refractivity contribution >= 4 is 28.9 Å². The van der Waals surface area contributed by atoms with Gasteiger partial charge in [-0.1, -0.05) is 30.1 Å². The number of hydrazone groups is 1. The zero-order valence-electron chi connectivity index (χ0n) is 17.1. The number of ether oxygens (including phenoxy) is 3. The number of halogens is 2. The SMILES string of the molecule is CC/C(CCOc1ccc(Oc2ccc(OC(C)=C(Cl)Cl)cc2)cc1)=N/N(C)C. The van der Waals surface area contributed by atoms with Gasteiger partial charge in [-0.3, -0.25) is 0 Å². The zero-order chi connectivity index (χ0) is 21.2. The van der Waals surface area contributed by atoms with Gasteiger partial charge in [0.05, 0.1) is 6.61 Å². The predicted molar refractivity (Wildman–Crippen MR) is 120 cm³/mol. The lowest BCUT2D eigenvalue weighted by Crippen LogP contribution is -2.11. The number of hydrogen-bond donors (Lipinski definition) is 0. The molecule has 0 amide bonds. The van der Waals surface area contributed by atoms with E-state index in [1.54, 1.807) is 19.1 Å². The lowest BCUT2D eigenvalue weighted by molar-refractivity contribution is 0.326. The van der Waals surface area contributed by atoms with E-state index in [2.05, 4.69) is 12.0 Å². The van der Waals surface area contributed by atoms with E-state index in [9.17, 15) is 0 Å². The van der Waals surface area contributed by atoms with Crippen LogP contribution >= 0.6 is 23.2 Å². The van der Waals surface area contributed by atoms with Crippen molar-refractivity contribution in [2.45, 2.75) is 26.7 Å². The normalized spacial score (nSPS) is 11.0. The minimum Gasteiger partial charge on any atom is -0.493 e. The third-order valence-corrected chi connectivity index (χ3v) is 4.36. The van der Waals surface area contributed by atoms with E-state index in [4.69, 9.17) is 37.4 Å². The highest BCUT2D eigenvalue weighted by atomic mass is 35.5. The number of benzene rings is 2. The van der Waals surface area contributed by atoms with Crippen LogP contribution in [0.3, 0.4) is 0 Å². The lowest BCUT2D eigenvalue weighted by Gasteiger charge is -2.11. The number of hydrogen-bond acceptors (Lipinski definition) is 5. The Labute approximate surface area is 182 Å². The second-order valence-electron chi connectivity index (χ2n) is 6.43. The van der Waals surface area contributed by atoms with Crippen molar-refractivity contribution in [2.24, 2.45) is 5.10 Å². The minimum absolute atomic E-state index is 0.100. The first-order valence-corrected chi connectivity index (χ1v) is 10.1. The monoisotopic (exact) mass is 436 g/mol. The maximum atomic E-state index is 5.84. The summed E-state index contributed by atoms with van der Waals surface area (Å²) in [5.74, 6) is 3.27. The van der Waals surface area contributed by atoms with Crippen LogP contribution in [-0.2, 0) is 0 Å². The Morgan fingerprint density at radius 2 is 1.41 bits per heavy atom. The van der Waals surface area contributed by atoms with Crippen molar-refractivity contribution in [1.82, 2.24) is 5.01 Å². The molecule has 0 aliphatic heterocycles. The van der Waals surface area contributed by atoms with Gasteiger partial charge in [0.1, 0.15) is 33.2 Å². The summed E-state index contributed by atoms with van der Waals surface area (Å²) in [6.45, 7) is 4.38. The van der Waals surface area contributed by atoms with Crippen LogP contribution in [0.2, 0.25) is 0 Å². The van der Waals surface area contributed by atoms with Crippen LogP contribution in [0.1, 0.15) is 26.7 Å². The van der Waals surface area contributed by atoms with Gasteiger partial charge in [-0.25, -0.2) is 0 Å². The summed E-state index contributed by atoms with van der Waals surface area (Å²) < 4.78 is 17.3. The Morgan fingerprint density at radius 1 is 0.897 bits per heavy atom. The summed E-state index contributed by atoms with van der Waals surface area (Å²) in [7, 11) is 3.84. The molecule has 0 heterocycles. The van der Waals surface area contributed by atoms with Crippen molar-refractivity contribution < 1.29 is 14.2 Å². The molecule has 0 saturated heterocycles. The molecule has 0 aromatic heterocycles. The average Bonchev–Trinajstić information content (AvgIpc) is 2.69. The highest BCUT2D eigenvalue weighted by Gasteiger charge is 2.03. The molecule has 2 aromatic rings. The lowest BCUT2D eigenvalue weighted by atomic mass is 10.2. The Kier molecular flexibility index (Phi) is 9.16. The standard InChI is InChI=1S/C22H26Cl2N2O3/c1-5-17(25-26(3)4)14-15-27-18-6-8-20(9-7-18)29-21-12-10-19(11-13-21)28-16(2)22(23)24/h6-13H,5,14-15H2,1-4H3/b25-17-. The first kappa shape index (κ1) is 22.9. The molecule has 0 aliphatic rings. The molecule has 0 radical (unpaired) electrons. The fraction of sp³-hybridized carbons (Fsp3) is 0.318. The average molecular weight is 437 g/mol. The largest absolute Gasteiger partial charge is 0.493 e. The molecular weight excluding hydrogens is 411 g/mol. The molecule has 0 bridgehead atoms. The second-order valence-corrected chi connectivity index (χ2v) is 7.38. The van der Waals surface area contributed by atoms with E-state index < -0.39 is 0 Å². The van der Waals surface area contributed by atoms with Gasteiger partial charge in [0.25, 0.3) is 0 Å². The van der Waals surface area contributed by atoms with E-state index in [1.165, 1.54) is 0 Å². The molecule has 7 heteroatoms. The van der Waals surface area contributed by atoms with Gasteiger partial charge in [0.2, 0.25) is 0 Å². The van der Waals surface area contributed by atoms with Crippen LogP contribution in [-0.4, -0.2) is 31.4 Å². The molecule has 0 N–H and O–H groups in total. The molecule has 29 heavy (non-hydrogen) atoms. The summed E-state index contributed by atoms with van der Waals surface area (Å²) in [5.41, 5.74) is 1.11. The van der Waals surface area contributed by atoms with Crippen molar-refractivity contribution in [3.63, 3.8) is 0 Å². The van der Waals surface area contributed by atoms with Gasteiger partial charge in [0.15, 0.2) is 0 Å². The molecule has 5 nitrogen and oxygen atoms in total. The molecule has 0 fully saturated rings. The van der Waals surface area contributed by atoms with Gasteiger partial charge >= 0.3 is 0 Å². The van der Waals surface area contributed by atoms with Gasteiger partial charge in [-0.05, 0) is 61.9 Å². The predicted octanol–water partition coefficient (Wildman–Crippen LogP) is 6.62. The minimum atomic E-state index is 0.100. The van der Waals surface area contributed by atoms with Crippen molar-refractivity contribution in [3.8, 4) is 23.0 Å². The van der Waals surface area contributed by atoms with Crippen LogP contribution in [0.15, 0.2) is 63.9 Å². The molecular formula is C22H26Cl2N2O3. The Hall–Kier alpha value is -2.37. The van der Waals surface area contributed by atoms with Crippen molar-refractivity contribution in [2.75, 3.05) is 20.7 Å². The zero-order valence-corrected chi connectivity index (χ0v) is 18.6. The Balaban J connectivity index is 1.86. The molecule has 0 atom stereocenters. The maximum absolute atomic E-state index is 5.84. The van der Waals surface area contributed by atoms with Gasteiger partial charge in [-0.15, -0.1) is 0 Å². The van der Waals surface area contributed by atoms with E-state index >= 15 is 0 Å². The van der Waals surface area contributed by atoms with Crippen LogP contribution in [0.25, 0.3) is 0 Å². The van der Waals surface area contributed by atoms with Gasteiger partial charge < -0.3 is 19.2 Å². The fourth-order valence-electron chi connectivity index (χ4n) is 2.40. The van der Waals surface area contributed by atoms with Crippen LogP contribution in [0.5, 0.6) is 23.0 Å². The quantitative estimate of drug-likeness (QED) is 0.238. The molecule has 2 aromatic carbocycles. The first-order chi connectivity index (χ1) is 13.9. The Morgan fingerprint density at radius 3 is 1.90 bits per heavy atom. The summed E-state index contributed by atoms with van der Waals surface area (Å²) in [4.78, 5) is 0. The number of nitrogens with zero attached hydrogens (tertiary/aromatic N) is 2. The molecule has 0 saturated carbocycles. The van der Waals surface area contributed by atoms with Gasteiger partial charge in [0, 0.05) is 26.2 Å².